The number of allylic oxidation sites excluding steroid dienone is 1. The molecule has 1 fully saturated rings. The molecule has 0 spiro atoms. The van der Waals surface area contributed by atoms with Crippen molar-refractivity contribution in [3.8, 4) is 0 Å². The SMILES string of the molecule is CN1CCN(Cc2ccc(C(=O)/C=C/c3ccc(/C=C/C(=O)OC(C)(C)C)nc3)cc2)CC1. The lowest BCUT2D eigenvalue weighted by atomic mass is 10.1. The quantitative estimate of drug-likeness (QED) is 0.362. The Labute approximate surface area is 196 Å². The summed E-state index contributed by atoms with van der Waals surface area (Å²) in [7, 11) is 2.15. The molecule has 0 N–H and O–H groups in total. The summed E-state index contributed by atoms with van der Waals surface area (Å²) in [6, 6.07) is 11.5. The van der Waals surface area contributed by atoms with Crippen molar-refractivity contribution < 1.29 is 14.3 Å². The lowest BCUT2D eigenvalue weighted by Gasteiger charge is -2.32. The zero-order valence-corrected chi connectivity index (χ0v) is 20.0. The van der Waals surface area contributed by atoms with Gasteiger partial charge in [-0.15, -0.1) is 0 Å². The summed E-state index contributed by atoms with van der Waals surface area (Å²) >= 11 is 0. The maximum absolute atomic E-state index is 12.5. The number of esters is 1. The normalized spacial score (nSPS) is 15.9. The Bertz CT molecular complexity index is 994. The predicted octanol–water partition coefficient (Wildman–Crippen LogP) is 4.08. The van der Waals surface area contributed by atoms with E-state index in [4.69, 9.17) is 4.74 Å². The minimum Gasteiger partial charge on any atom is -0.457 e. The maximum Gasteiger partial charge on any atom is 0.331 e. The Morgan fingerprint density at radius 1 is 0.970 bits per heavy atom. The highest BCUT2D eigenvalue weighted by atomic mass is 16.6. The van der Waals surface area contributed by atoms with Crippen LogP contribution in [0.4, 0.5) is 0 Å². The molecule has 0 aliphatic carbocycles. The number of pyridine rings is 1. The van der Waals surface area contributed by atoms with Crippen molar-refractivity contribution in [1.29, 1.82) is 0 Å². The summed E-state index contributed by atoms with van der Waals surface area (Å²) in [5.41, 5.74) is 2.81. The van der Waals surface area contributed by atoms with Gasteiger partial charge in [0.15, 0.2) is 5.78 Å². The molecular weight excluding hydrogens is 414 g/mol. The molecule has 6 heteroatoms. The first kappa shape index (κ1) is 24.6. The van der Waals surface area contributed by atoms with E-state index in [0.29, 0.717) is 11.3 Å². The fourth-order valence-electron chi connectivity index (χ4n) is 3.41. The van der Waals surface area contributed by atoms with Crippen LogP contribution < -0.4 is 0 Å². The van der Waals surface area contributed by atoms with Crippen LogP contribution in [-0.4, -0.2) is 65.4 Å². The van der Waals surface area contributed by atoms with Gasteiger partial charge in [0.2, 0.25) is 0 Å². The van der Waals surface area contributed by atoms with Crippen LogP contribution in [0.5, 0.6) is 0 Å². The zero-order chi connectivity index (χ0) is 23.8. The van der Waals surface area contributed by atoms with Gasteiger partial charge in [-0.2, -0.15) is 0 Å². The van der Waals surface area contributed by atoms with E-state index in [1.807, 2.05) is 51.1 Å². The van der Waals surface area contributed by atoms with Gasteiger partial charge in [0.05, 0.1) is 5.69 Å². The zero-order valence-electron chi connectivity index (χ0n) is 20.0. The van der Waals surface area contributed by atoms with Crippen molar-refractivity contribution in [2.24, 2.45) is 0 Å². The van der Waals surface area contributed by atoms with Crippen molar-refractivity contribution in [3.05, 3.63) is 77.1 Å². The van der Waals surface area contributed by atoms with E-state index >= 15 is 0 Å². The number of nitrogens with zero attached hydrogens (tertiary/aromatic N) is 3. The standard InChI is InChI=1S/C27H33N3O3/c1-27(2,3)33-26(32)14-12-24-11-7-21(19-28-24)8-13-25(31)23-9-5-22(6-10-23)20-30-17-15-29(4)16-18-30/h5-14,19H,15-18,20H2,1-4H3/b13-8+,14-12+. The highest BCUT2D eigenvalue weighted by Gasteiger charge is 2.14. The van der Waals surface area contributed by atoms with Gasteiger partial charge in [0.25, 0.3) is 0 Å². The van der Waals surface area contributed by atoms with Crippen molar-refractivity contribution in [2.75, 3.05) is 33.2 Å². The van der Waals surface area contributed by atoms with Crippen LogP contribution in [-0.2, 0) is 16.1 Å². The summed E-state index contributed by atoms with van der Waals surface area (Å²) in [6.45, 7) is 10.7. The smallest absolute Gasteiger partial charge is 0.331 e. The number of aromatic nitrogens is 1. The molecule has 2 heterocycles. The highest BCUT2D eigenvalue weighted by Crippen LogP contribution is 2.12. The number of hydrogen-bond acceptors (Lipinski definition) is 6. The summed E-state index contributed by atoms with van der Waals surface area (Å²) in [4.78, 5) is 33.4. The van der Waals surface area contributed by atoms with E-state index in [0.717, 1.165) is 38.3 Å². The molecule has 1 aromatic carbocycles. The number of likely N-dealkylation sites (N-methyl/N-ethyl adjacent to an activating group) is 1. The molecule has 0 bridgehead atoms. The minimum atomic E-state index is -0.527. The molecule has 174 valence electrons. The molecule has 33 heavy (non-hydrogen) atoms. The van der Waals surface area contributed by atoms with E-state index in [-0.39, 0.29) is 5.78 Å². The summed E-state index contributed by atoms with van der Waals surface area (Å²) in [5, 5.41) is 0. The number of ketones is 1. The van der Waals surface area contributed by atoms with E-state index < -0.39 is 11.6 Å². The molecule has 0 amide bonds. The first-order chi connectivity index (χ1) is 15.7. The highest BCUT2D eigenvalue weighted by molar-refractivity contribution is 6.06. The monoisotopic (exact) mass is 447 g/mol. The molecule has 6 nitrogen and oxygen atoms in total. The van der Waals surface area contributed by atoms with Gasteiger partial charge in [0, 0.05) is 50.6 Å². The average molecular weight is 448 g/mol. The third-order valence-electron chi connectivity index (χ3n) is 5.27. The van der Waals surface area contributed by atoms with Crippen LogP contribution in [0.3, 0.4) is 0 Å². The predicted molar refractivity (Wildman–Crippen MR) is 132 cm³/mol. The molecule has 1 aromatic heterocycles. The number of benzene rings is 1. The molecule has 0 saturated carbocycles. The Hall–Kier alpha value is -3.09. The molecule has 2 aromatic rings. The summed E-state index contributed by atoms with van der Waals surface area (Å²) in [5.74, 6) is -0.455. The topological polar surface area (TPSA) is 62.7 Å². The average Bonchev–Trinajstić information content (AvgIpc) is 2.78. The van der Waals surface area contributed by atoms with Gasteiger partial charge < -0.3 is 9.64 Å². The van der Waals surface area contributed by atoms with Crippen LogP contribution in [0.15, 0.2) is 54.7 Å². The number of hydrogen-bond donors (Lipinski definition) is 0. The van der Waals surface area contributed by atoms with E-state index in [2.05, 4.69) is 21.8 Å². The summed E-state index contributed by atoms with van der Waals surface area (Å²) < 4.78 is 5.23. The summed E-state index contributed by atoms with van der Waals surface area (Å²) in [6.07, 6.45) is 7.94. The number of rotatable bonds is 7. The molecule has 0 radical (unpaired) electrons. The fraction of sp³-hybridized carbons (Fsp3) is 0.370. The number of carbonyl (C=O) groups excluding carboxylic acids is 2. The van der Waals surface area contributed by atoms with Crippen LogP contribution in [0.2, 0.25) is 0 Å². The van der Waals surface area contributed by atoms with E-state index in [1.54, 1.807) is 30.5 Å². The molecule has 1 saturated heterocycles. The second kappa shape index (κ2) is 11.2. The van der Waals surface area contributed by atoms with Crippen molar-refractivity contribution in [1.82, 2.24) is 14.8 Å². The van der Waals surface area contributed by atoms with Gasteiger partial charge >= 0.3 is 5.97 Å². The third-order valence-corrected chi connectivity index (χ3v) is 5.27. The maximum atomic E-state index is 12.5. The Kier molecular flexibility index (Phi) is 8.31. The first-order valence-electron chi connectivity index (χ1n) is 11.3. The number of piperazine rings is 1. The van der Waals surface area contributed by atoms with E-state index in [1.165, 1.54) is 11.6 Å². The molecule has 1 aliphatic rings. The lowest BCUT2D eigenvalue weighted by molar-refractivity contribution is -0.148. The first-order valence-corrected chi connectivity index (χ1v) is 11.3. The van der Waals surface area contributed by atoms with Crippen LogP contribution in [0.25, 0.3) is 12.2 Å². The molecular formula is C27H33N3O3. The van der Waals surface area contributed by atoms with Gasteiger partial charge in [-0.3, -0.25) is 14.7 Å². The van der Waals surface area contributed by atoms with Crippen molar-refractivity contribution in [2.45, 2.75) is 32.9 Å². The van der Waals surface area contributed by atoms with Gasteiger partial charge in [-0.25, -0.2) is 4.79 Å². The molecule has 0 atom stereocenters. The lowest BCUT2D eigenvalue weighted by Crippen LogP contribution is -2.43. The van der Waals surface area contributed by atoms with Gasteiger partial charge in [-0.1, -0.05) is 30.3 Å². The fourth-order valence-corrected chi connectivity index (χ4v) is 3.41. The van der Waals surface area contributed by atoms with Crippen molar-refractivity contribution in [3.63, 3.8) is 0 Å². The van der Waals surface area contributed by atoms with Crippen molar-refractivity contribution >= 4 is 23.9 Å². The Morgan fingerprint density at radius 2 is 1.67 bits per heavy atom. The van der Waals surface area contributed by atoms with Gasteiger partial charge in [0.1, 0.15) is 5.60 Å². The Morgan fingerprint density at radius 3 is 2.27 bits per heavy atom. The van der Waals surface area contributed by atoms with E-state index in [9.17, 15) is 9.59 Å². The minimum absolute atomic E-state index is 0.0463. The number of carbonyl (C=O) groups is 2. The second-order valence-electron chi connectivity index (χ2n) is 9.36. The third kappa shape index (κ3) is 8.40. The molecule has 1 aliphatic heterocycles. The van der Waals surface area contributed by atoms with Crippen LogP contribution in [0.1, 0.15) is 48.0 Å². The second-order valence-corrected chi connectivity index (χ2v) is 9.36. The van der Waals surface area contributed by atoms with Crippen LogP contribution in [0, 0.1) is 0 Å². The molecule has 3 rings (SSSR count). The Balaban J connectivity index is 1.52. The van der Waals surface area contributed by atoms with Crippen LogP contribution >= 0.6 is 0 Å². The van der Waals surface area contributed by atoms with Gasteiger partial charge in [-0.05, 0) is 63.2 Å². The number of ether oxygens (including phenoxy) is 1. The molecule has 0 unspecified atom stereocenters. The largest absolute Gasteiger partial charge is 0.457 e.